The molecule has 1 radical (unpaired) electrons. The van der Waals surface area contributed by atoms with Crippen molar-refractivity contribution < 1.29 is 20.1 Å². The number of aromatic nitrogens is 2. The third-order valence-electron chi connectivity index (χ3n) is 5.45. The van der Waals surface area contributed by atoms with Crippen LogP contribution in [0.2, 0.25) is 0 Å². The zero-order valence-corrected chi connectivity index (χ0v) is 23.0. The van der Waals surface area contributed by atoms with Crippen molar-refractivity contribution in [2.24, 2.45) is 0 Å². The maximum absolute atomic E-state index is 4.61. The molecule has 0 atom stereocenters. The summed E-state index contributed by atoms with van der Waals surface area (Å²) in [4.78, 5) is 10.4. The Morgan fingerprint density at radius 2 is 1.50 bits per heavy atom. The van der Waals surface area contributed by atoms with Crippen LogP contribution in [0.25, 0.3) is 43.8 Å². The van der Waals surface area contributed by atoms with Crippen molar-refractivity contribution in [1.29, 1.82) is 0 Å². The summed E-state index contributed by atoms with van der Waals surface area (Å²) in [6, 6.07) is 39.8. The van der Waals surface area contributed by atoms with Gasteiger partial charge in [-0.1, -0.05) is 65.7 Å². The SMILES string of the molecule is C(=C1/[N-]c2ccccc2S1)/c1nc2ccccc2s1.[Ir].[c-]1ccccc1-c1ccc2ccccc2n1. The summed E-state index contributed by atoms with van der Waals surface area (Å²) in [6.45, 7) is 0. The molecule has 2 aromatic heterocycles. The molecular weight excluding hydrogens is 659 g/mol. The fourth-order valence-corrected chi connectivity index (χ4v) is 5.66. The van der Waals surface area contributed by atoms with Crippen LogP contribution < -0.4 is 0 Å². The van der Waals surface area contributed by atoms with Crippen LogP contribution in [0.15, 0.2) is 119 Å². The molecular formula is C30H19IrN3S2-2. The summed E-state index contributed by atoms with van der Waals surface area (Å²) < 4.78 is 1.22. The van der Waals surface area contributed by atoms with E-state index in [0.717, 1.165) is 38.0 Å². The summed E-state index contributed by atoms with van der Waals surface area (Å²) >= 11 is 3.40. The van der Waals surface area contributed by atoms with E-state index >= 15 is 0 Å². The van der Waals surface area contributed by atoms with Gasteiger partial charge < -0.3 is 5.32 Å². The van der Waals surface area contributed by atoms with Gasteiger partial charge in [0.05, 0.1) is 15.7 Å². The number of nitrogens with zero attached hydrogens (tertiary/aromatic N) is 3. The molecule has 0 amide bonds. The molecule has 6 aromatic rings. The van der Waals surface area contributed by atoms with Crippen molar-refractivity contribution >= 4 is 56.0 Å². The van der Waals surface area contributed by atoms with Gasteiger partial charge in [-0.2, -0.15) is 0 Å². The molecule has 0 saturated carbocycles. The number of hydrogen-bond donors (Lipinski definition) is 0. The van der Waals surface area contributed by atoms with Crippen LogP contribution in [0.3, 0.4) is 0 Å². The van der Waals surface area contributed by atoms with Gasteiger partial charge in [0.1, 0.15) is 5.01 Å². The van der Waals surface area contributed by atoms with E-state index in [1.165, 1.54) is 15.0 Å². The molecule has 4 aromatic carbocycles. The van der Waals surface area contributed by atoms with Crippen LogP contribution in [0.5, 0.6) is 0 Å². The maximum atomic E-state index is 4.61. The third-order valence-corrected chi connectivity index (χ3v) is 7.42. The number of thioether (sulfide) groups is 1. The third kappa shape index (κ3) is 5.43. The number of para-hydroxylation sites is 3. The van der Waals surface area contributed by atoms with Gasteiger partial charge in [0.15, 0.2) is 0 Å². The first-order chi connectivity index (χ1) is 17.3. The van der Waals surface area contributed by atoms with Crippen LogP contribution in [0, 0.1) is 6.07 Å². The molecule has 7 rings (SSSR count). The molecule has 1 aliphatic rings. The van der Waals surface area contributed by atoms with Crippen LogP contribution in [-0.2, 0) is 20.1 Å². The summed E-state index contributed by atoms with van der Waals surface area (Å²) in [5.41, 5.74) is 5.14. The van der Waals surface area contributed by atoms with E-state index < -0.39 is 0 Å². The van der Waals surface area contributed by atoms with Gasteiger partial charge >= 0.3 is 0 Å². The average Bonchev–Trinajstić information content (AvgIpc) is 3.52. The Bertz CT molecular complexity index is 1600. The monoisotopic (exact) mass is 678 g/mol. The van der Waals surface area contributed by atoms with Gasteiger partial charge in [-0.3, -0.25) is 4.98 Å². The summed E-state index contributed by atoms with van der Waals surface area (Å²) in [7, 11) is 0. The van der Waals surface area contributed by atoms with Gasteiger partial charge in [0.25, 0.3) is 0 Å². The number of fused-ring (bicyclic) bond motifs is 3. The summed E-state index contributed by atoms with van der Waals surface area (Å²) in [5.74, 6) is 0. The average molecular weight is 678 g/mol. The predicted molar refractivity (Wildman–Crippen MR) is 149 cm³/mol. The number of benzene rings is 4. The largest absolute Gasteiger partial charge is 0.651 e. The zero-order chi connectivity index (χ0) is 23.5. The van der Waals surface area contributed by atoms with Crippen molar-refractivity contribution in [3.05, 3.63) is 131 Å². The Morgan fingerprint density at radius 3 is 2.33 bits per heavy atom. The number of hydrogen-bond acceptors (Lipinski definition) is 4. The smallest absolute Gasteiger partial charge is 0.116 e. The molecule has 0 spiro atoms. The molecule has 0 N–H and O–H groups in total. The summed E-state index contributed by atoms with van der Waals surface area (Å²) in [5, 5.41) is 7.80. The van der Waals surface area contributed by atoms with E-state index in [0.29, 0.717) is 0 Å². The van der Waals surface area contributed by atoms with Crippen molar-refractivity contribution in [2.45, 2.75) is 4.90 Å². The van der Waals surface area contributed by atoms with E-state index in [9.17, 15) is 0 Å². The van der Waals surface area contributed by atoms with Gasteiger partial charge in [-0.25, -0.2) is 4.98 Å². The van der Waals surface area contributed by atoms with Crippen LogP contribution >= 0.6 is 23.1 Å². The molecule has 0 aliphatic carbocycles. The second-order valence-electron chi connectivity index (χ2n) is 7.85. The second kappa shape index (κ2) is 11.2. The maximum Gasteiger partial charge on any atom is 0.116 e. The second-order valence-corrected chi connectivity index (χ2v) is 9.97. The van der Waals surface area contributed by atoms with E-state index in [1.54, 1.807) is 23.1 Å². The molecule has 36 heavy (non-hydrogen) atoms. The Kier molecular flexibility index (Phi) is 7.59. The van der Waals surface area contributed by atoms with Crippen molar-refractivity contribution in [3.63, 3.8) is 0 Å². The van der Waals surface area contributed by atoms with Crippen molar-refractivity contribution in [1.82, 2.24) is 9.97 Å². The Labute approximate surface area is 231 Å². The summed E-state index contributed by atoms with van der Waals surface area (Å²) in [6.07, 6.45) is 2.06. The Hall–Kier alpha value is -3.28. The number of rotatable bonds is 2. The molecule has 1 aliphatic heterocycles. The van der Waals surface area contributed by atoms with Gasteiger partial charge in [0, 0.05) is 20.1 Å². The number of pyridine rings is 1. The van der Waals surface area contributed by atoms with Crippen LogP contribution in [-0.4, -0.2) is 9.97 Å². The fraction of sp³-hybridized carbons (Fsp3) is 0. The minimum Gasteiger partial charge on any atom is -0.651 e. The molecule has 177 valence electrons. The van der Waals surface area contributed by atoms with Gasteiger partial charge in [-0.15, -0.1) is 64.7 Å². The molecule has 0 fully saturated rings. The van der Waals surface area contributed by atoms with Crippen LogP contribution in [0.1, 0.15) is 5.01 Å². The molecule has 0 saturated heterocycles. The van der Waals surface area contributed by atoms with Crippen LogP contribution in [0.4, 0.5) is 5.69 Å². The Balaban J connectivity index is 0.000000146. The Morgan fingerprint density at radius 1 is 0.722 bits per heavy atom. The van der Waals surface area contributed by atoms with E-state index in [2.05, 4.69) is 51.7 Å². The first kappa shape index (κ1) is 24.4. The molecule has 0 bridgehead atoms. The van der Waals surface area contributed by atoms with Gasteiger partial charge in [0.2, 0.25) is 0 Å². The normalized spacial score (nSPS) is 12.9. The molecule has 3 nitrogen and oxygen atoms in total. The standard InChI is InChI=1S/C15H9N2S2.C15H10N.Ir/c1-3-7-12-10(5-1)16-14(18-12)9-15-17-11-6-2-4-8-13(11)19-15;1-2-6-12(7-3-1)15-11-10-13-8-4-5-9-14(13)16-15;/h1-9H;1-6,8-11H;/q2*-1;/b14-9+;;. The number of thiazole rings is 1. The first-order valence-corrected chi connectivity index (χ1v) is 12.8. The molecule has 0 unspecified atom stereocenters. The predicted octanol–water partition coefficient (Wildman–Crippen LogP) is 9.11. The van der Waals surface area contributed by atoms with Crippen molar-refractivity contribution in [3.8, 4) is 11.3 Å². The van der Waals surface area contributed by atoms with E-state index in [1.807, 2.05) is 84.9 Å². The topological polar surface area (TPSA) is 39.9 Å². The van der Waals surface area contributed by atoms with Gasteiger partial charge in [-0.05, 0) is 46.3 Å². The molecule has 6 heteroatoms. The minimum atomic E-state index is 0. The zero-order valence-electron chi connectivity index (χ0n) is 19.0. The van der Waals surface area contributed by atoms with E-state index in [4.69, 9.17) is 0 Å². The fourth-order valence-electron chi connectivity index (χ4n) is 3.78. The van der Waals surface area contributed by atoms with Crippen molar-refractivity contribution in [2.75, 3.05) is 0 Å². The minimum absolute atomic E-state index is 0. The molecule has 3 heterocycles. The quantitative estimate of drug-likeness (QED) is 0.172. The van der Waals surface area contributed by atoms with E-state index in [-0.39, 0.29) is 20.1 Å². The first-order valence-electron chi connectivity index (χ1n) is 11.2.